The Morgan fingerprint density at radius 2 is 1.79 bits per heavy atom. The van der Waals surface area contributed by atoms with Crippen molar-refractivity contribution in [2.45, 2.75) is 11.4 Å². The van der Waals surface area contributed by atoms with Crippen molar-refractivity contribution < 1.29 is 8.42 Å². The number of sulfonamides is 1. The molecule has 2 aromatic rings. The summed E-state index contributed by atoms with van der Waals surface area (Å²) < 4.78 is 26.9. The third-order valence-electron chi connectivity index (χ3n) is 2.56. The average Bonchev–Trinajstić information content (AvgIpc) is 2.46. The van der Waals surface area contributed by atoms with E-state index in [2.05, 4.69) is 20.0 Å². The second-order valence-corrected chi connectivity index (χ2v) is 5.54. The number of nitrogens with zero attached hydrogens (tertiary/aromatic N) is 2. The molecule has 0 saturated heterocycles. The van der Waals surface area contributed by atoms with E-state index in [1.54, 1.807) is 37.6 Å². The molecule has 0 radical (unpaired) electrons. The van der Waals surface area contributed by atoms with E-state index in [0.717, 1.165) is 5.56 Å². The highest BCUT2D eigenvalue weighted by atomic mass is 32.2. The quantitative estimate of drug-likeness (QED) is 0.852. The molecule has 7 heteroatoms. The maximum atomic E-state index is 12.2. The van der Waals surface area contributed by atoms with Gasteiger partial charge in [0.1, 0.15) is 4.90 Å². The summed E-state index contributed by atoms with van der Waals surface area (Å²) in [7, 11) is -1.93. The summed E-state index contributed by atoms with van der Waals surface area (Å²) in [6.07, 6.45) is 6.09. The molecule has 2 heterocycles. The zero-order chi connectivity index (χ0) is 13.7. The summed E-state index contributed by atoms with van der Waals surface area (Å²) in [4.78, 5) is 7.85. The van der Waals surface area contributed by atoms with Gasteiger partial charge in [-0.25, -0.2) is 13.1 Å². The van der Waals surface area contributed by atoms with Crippen LogP contribution in [0.5, 0.6) is 0 Å². The third-order valence-corrected chi connectivity index (χ3v) is 3.99. The minimum atomic E-state index is -3.60. The van der Waals surface area contributed by atoms with Crippen LogP contribution in [0.3, 0.4) is 0 Å². The van der Waals surface area contributed by atoms with Crippen molar-refractivity contribution in [1.82, 2.24) is 14.7 Å². The Morgan fingerprint density at radius 3 is 2.47 bits per heavy atom. The lowest BCUT2D eigenvalue weighted by Gasteiger charge is -2.10. The van der Waals surface area contributed by atoms with Crippen molar-refractivity contribution >= 4 is 15.7 Å². The number of rotatable bonds is 5. The van der Waals surface area contributed by atoms with E-state index in [4.69, 9.17) is 0 Å². The molecule has 19 heavy (non-hydrogen) atoms. The molecular weight excluding hydrogens is 264 g/mol. The van der Waals surface area contributed by atoms with Gasteiger partial charge in [0.25, 0.3) is 0 Å². The van der Waals surface area contributed by atoms with E-state index in [1.807, 2.05) is 0 Å². The van der Waals surface area contributed by atoms with Gasteiger partial charge >= 0.3 is 0 Å². The largest absolute Gasteiger partial charge is 0.387 e. The maximum Gasteiger partial charge on any atom is 0.244 e. The molecule has 0 aromatic carbocycles. The van der Waals surface area contributed by atoms with Gasteiger partial charge in [0.2, 0.25) is 10.0 Å². The summed E-state index contributed by atoms with van der Waals surface area (Å²) >= 11 is 0. The predicted molar refractivity (Wildman–Crippen MR) is 72.0 cm³/mol. The zero-order valence-electron chi connectivity index (χ0n) is 10.4. The lowest BCUT2D eigenvalue weighted by Crippen LogP contribution is -2.24. The molecule has 100 valence electrons. The Labute approximate surface area is 112 Å². The van der Waals surface area contributed by atoms with Gasteiger partial charge in [-0.05, 0) is 23.8 Å². The molecular formula is C12H14N4O2S. The lowest BCUT2D eigenvalue weighted by molar-refractivity contribution is 0.581. The van der Waals surface area contributed by atoms with Crippen LogP contribution in [0, 0.1) is 0 Å². The predicted octanol–water partition coefficient (Wildman–Crippen LogP) is 0.997. The maximum absolute atomic E-state index is 12.2. The minimum Gasteiger partial charge on any atom is -0.387 e. The van der Waals surface area contributed by atoms with Gasteiger partial charge in [0.05, 0.1) is 5.69 Å². The van der Waals surface area contributed by atoms with Crippen LogP contribution in [-0.2, 0) is 16.6 Å². The molecule has 0 saturated carbocycles. The van der Waals surface area contributed by atoms with E-state index in [0.29, 0.717) is 5.69 Å². The van der Waals surface area contributed by atoms with E-state index >= 15 is 0 Å². The molecule has 0 aliphatic heterocycles. The van der Waals surface area contributed by atoms with Crippen molar-refractivity contribution in [2.24, 2.45) is 0 Å². The van der Waals surface area contributed by atoms with Crippen LogP contribution in [0.25, 0.3) is 0 Å². The van der Waals surface area contributed by atoms with Crippen molar-refractivity contribution in [1.29, 1.82) is 0 Å². The average molecular weight is 278 g/mol. The molecule has 2 N–H and O–H groups in total. The smallest absolute Gasteiger partial charge is 0.244 e. The number of anilines is 1. The van der Waals surface area contributed by atoms with Crippen LogP contribution in [0.2, 0.25) is 0 Å². The standard InChI is InChI=1S/C12H14N4O2S/c1-13-11-4-7-15-9-12(11)19(17,18)16-8-10-2-5-14-6-3-10/h2-7,9,16H,8H2,1H3,(H,13,15). The number of pyridine rings is 2. The number of hydrogen-bond acceptors (Lipinski definition) is 5. The van der Waals surface area contributed by atoms with E-state index < -0.39 is 10.0 Å². The SMILES string of the molecule is CNc1ccncc1S(=O)(=O)NCc1ccncc1. The Bertz CT molecular complexity index is 644. The van der Waals surface area contributed by atoms with Gasteiger partial charge in [0.15, 0.2) is 0 Å². The molecule has 0 unspecified atom stereocenters. The van der Waals surface area contributed by atoms with Crippen LogP contribution in [0.4, 0.5) is 5.69 Å². The van der Waals surface area contributed by atoms with Crippen molar-refractivity contribution in [3.8, 4) is 0 Å². The third kappa shape index (κ3) is 3.27. The fourth-order valence-electron chi connectivity index (χ4n) is 1.56. The van der Waals surface area contributed by atoms with Crippen LogP contribution in [0.15, 0.2) is 47.9 Å². The Kier molecular flexibility index (Phi) is 4.08. The first kappa shape index (κ1) is 13.4. The Hall–Kier alpha value is -1.99. The summed E-state index contributed by atoms with van der Waals surface area (Å²) in [6, 6.07) is 5.12. The molecule has 0 atom stereocenters. The van der Waals surface area contributed by atoms with Crippen LogP contribution < -0.4 is 10.0 Å². The van der Waals surface area contributed by atoms with Gasteiger partial charge in [0, 0.05) is 38.4 Å². The van der Waals surface area contributed by atoms with Crippen molar-refractivity contribution in [2.75, 3.05) is 12.4 Å². The first-order valence-corrected chi connectivity index (χ1v) is 7.12. The summed E-state index contributed by atoms with van der Waals surface area (Å²) in [5.74, 6) is 0. The molecule has 0 amide bonds. The molecule has 0 aliphatic rings. The molecule has 0 spiro atoms. The van der Waals surface area contributed by atoms with E-state index in [9.17, 15) is 8.42 Å². The van der Waals surface area contributed by atoms with Crippen molar-refractivity contribution in [3.05, 3.63) is 48.5 Å². The van der Waals surface area contributed by atoms with Gasteiger partial charge < -0.3 is 5.32 Å². The summed E-state index contributed by atoms with van der Waals surface area (Å²) in [6.45, 7) is 0.211. The fraction of sp³-hybridized carbons (Fsp3) is 0.167. The second kappa shape index (κ2) is 5.77. The van der Waals surface area contributed by atoms with Gasteiger partial charge in [-0.2, -0.15) is 0 Å². The topological polar surface area (TPSA) is 84.0 Å². The highest BCUT2D eigenvalue weighted by molar-refractivity contribution is 7.89. The highest BCUT2D eigenvalue weighted by Gasteiger charge is 2.17. The second-order valence-electron chi connectivity index (χ2n) is 3.80. The van der Waals surface area contributed by atoms with E-state index in [1.165, 1.54) is 12.4 Å². The number of nitrogens with one attached hydrogen (secondary N) is 2. The molecule has 2 aromatic heterocycles. The Balaban J connectivity index is 2.19. The van der Waals surface area contributed by atoms with Crippen LogP contribution in [-0.4, -0.2) is 25.4 Å². The molecule has 2 rings (SSSR count). The van der Waals surface area contributed by atoms with Gasteiger partial charge in [-0.3, -0.25) is 9.97 Å². The van der Waals surface area contributed by atoms with Gasteiger partial charge in [-0.15, -0.1) is 0 Å². The number of aromatic nitrogens is 2. The lowest BCUT2D eigenvalue weighted by atomic mass is 10.3. The first-order chi connectivity index (χ1) is 9.13. The first-order valence-electron chi connectivity index (χ1n) is 5.64. The minimum absolute atomic E-state index is 0.131. The van der Waals surface area contributed by atoms with E-state index in [-0.39, 0.29) is 11.4 Å². The van der Waals surface area contributed by atoms with Crippen LogP contribution in [0.1, 0.15) is 5.56 Å². The molecule has 0 aliphatic carbocycles. The molecule has 0 fully saturated rings. The molecule has 6 nitrogen and oxygen atoms in total. The molecule has 0 bridgehead atoms. The highest BCUT2D eigenvalue weighted by Crippen LogP contribution is 2.18. The van der Waals surface area contributed by atoms with Gasteiger partial charge in [-0.1, -0.05) is 0 Å². The monoisotopic (exact) mass is 278 g/mol. The Morgan fingerprint density at radius 1 is 1.11 bits per heavy atom. The zero-order valence-corrected chi connectivity index (χ0v) is 11.2. The number of hydrogen-bond donors (Lipinski definition) is 2. The summed E-state index contributed by atoms with van der Waals surface area (Å²) in [5, 5.41) is 2.83. The fourth-order valence-corrected chi connectivity index (χ4v) is 2.73. The normalized spacial score (nSPS) is 11.2. The summed E-state index contributed by atoms with van der Waals surface area (Å²) in [5.41, 5.74) is 1.35. The van der Waals surface area contributed by atoms with Crippen LogP contribution >= 0.6 is 0 Å². The van der Waals surface area contributed by atoms with Crippen molar-refractivity contribution in [3.63, 3.8) is 0 Å².